The van der Waals surface area contributed by atoms with Gasteiger partial charge >= 0.3 is 0 Å². The van der Waals surface area contributed by atoms with Crippen molar-refractivity contribution >= 4 is 50.7 Å². The second kappa shape index (κ2) is 10.5. The van der Waals surface area contributed by atoms with Gasteiger partial charge < -0.3 is 10.1 Å². The number of sulfonamides is 1. The predicted molar refractivity (Wildman–Crippen MR) is 140 cm³/mol. The minimum absolute atomic E-state index is 0.0252. The third-order valence-electron chi connectivity index (χ3n) is 5.53. The number of amides is 1. The largest absolute Gasteiger partial charge is 0.486 e. The smallest absolute Gasteiger partial charge is 0.260 e. The average Bonchev–Trinajstić information content (AvgIpc) is 3.49. The molecule has 1 amide bonds. The van der Waals surface area contributed by atoms with Gasteiger partial charge in [-0.3, -0.25) is 9.59 Å². The summed E-state index contributed by atoms with van der Waals surface area (Å²) < 4.78 is 31.2. The molecule has 8 nitrogen and oxygen atoms in total. The molecule has 188 valence electrons. The first-order valence-corrected chi connectivity index (χ1v) is 13.6. The van der Waals surface area contributed by atoms with Gasteiger partial charge in [-0.15, -0.1) is 11.3 Å². The summed E-state index contributed by atoms with van der Waals surface area (Å²) in [5.74, 6) is 0.316. The number of hydrogen-bond acceptors (Lipinski definition) is 7. The van der Waals surface area contributed by atoms with Gasteiger partial charge in [0, 0.05) is 43.2 Å². The summed E-state index contributed by atoms with van der Waals surface area (Å²) in [6.07, 6.45) is 4.62. The first kappa shape index (κ1) is 26.0. The number of carbonyl (C=O) groups is 2. The fourth-order valence-corrected chi connectivity index (χ4v) is 5.57. The van der Waals surface area contributed by atoms with Crippen molar-refractivity contribution in [2.75, 3.05) is 20.6 Å². The van der Waals surface area contributed by atoms with Crippen LogP contribution < -0.4 is 10.1 Å². The summed E-state index contributed by atoms with van der Waals surface area (Å²) in [6.45, 7) is 1.83. The topological polar surface area (TPSA) is 106 Å². The molecule has 2 aromatic heterocycles. The van der Waals surface area contributed by atoms with Gasteiger partial charge in [-0.1, -0.05) is 17.7 Å². The quantitative estimate of drug-likeness (QED) is 0.338. The van der Waals surface area contributed by atoms with Crippen molar-refractivity contribution in [2.24, 2.45) is 0 Å². The second-order valence-electron chi connectivity index (χ2n) is 8.41. The summed E-state index contributed by atoms with van der Waals surface area (Å²) in [5, 5.41) is 3.23. The Hall–Kier alpha value is -3.05. The zero-order chi connectivity index (χ0) is 26.0. The van der Waals surface area contributed by atoms with Crippen LogP contribution in [0.25, 0.3) is 16.5 Å². The van der Waals surface area contributed by atoms with Crippen LogP contribution >= 0.6 is 22.9 Å². The third kappa shape index (κ3) is 5.67. The van der Waals surface area contributed by atoms with Crippen molar-refractivity contribution in [1.29, 1.82) is 0 Å². The summed E-state index contributed by atoms with van der Waals surface area (Å²) >= 11 is 7.88. The molecule has 0 bridgehead atoms. The number of nitrogens with zero attached hydrogens (tertiary/aromatic N) is 2. The van der Waals surface area contributed by atoms with E-state index in [1.165, 1.54) is 43.8 Å². The van der Waals surface area contributed by atoms with Crippen LogP contribution in [-0.2, 0) is 21.2 Å². The van der Waals surface area contributed by atoms with E-state index in [9.17, 15) is 18.0 Å². The minimum atomic E-state index is -3.61. The normalized spacial score (nSPS) is 15.2. The van der Waals surface area contributed by atoms with Crippen LogP contribution in [0.1, 0.15) is 27.7 Å². The molecule has 1 aromatic carbocycles. The number of thiophene rings is 1. The fraction of sp³-hybridized carbons (Fsp3) is 0.240. The molecule has 3 heterocycles. The lowest BCUT2D eigenvalue weighted by molar-refractivity contribution is -0.116. The standard InChI is InChI=1S/C25H24ClN3O5S2/c1-15(30)21-6-7-22(35-21)17-10-18-11-19(34-25(18)20(26)12-17)14-27-23(31)8-4-16-5-9-24(28-13-16)36(32,33)29(2)3/h4-10,12-13,19H,11,14H2,1-3H3,(H,27,31)/b8-4+. The number of halogens is 1. The van der Waals surface area contributed by atoms with Crippen LogP contribution in [-0.4, -0.2) is 56.1 Å². The second-order valence-corrected chi connectivity index (χ2v) is 12.0. The SMILES string of the molecule is CC(=O)c1ccc(-c2cc(Cl)c3c(c2)CC(CNC(=O)/C=C/c2ccc(S(=O)(=O)N(C)C)nc2)O3)s1. The van der Waals surface area contributed by atoms with Crippen LogP contribution in [0.15, 0.2) is 53.7 Å². The Morgan fingerprint density at radius 2 is 2.03 bits per heavy atom. The Morgan fingerprint density at radius 3 is 2.67 bits per heavy atom. The molecule has 0 saturated carbocycles. The molecule has 36 heavy (non-hydrogen) atoms. The van der Waals surface area contributed by atoms with E-state index < -0.39 is 10.0 Å². The Balaban J connectivity index is 1.34. The Labute approximate surface area is 218 Å². The maximum atomic E-state index is 12.3. The van der Waals surface area contributed by atoms with Crippen molar-refractivity contribution in [3.05, 3.63) is 69.7 Å². The maximum absolute atomic E-state index is 12.3. The number of Topliss-reactive ketones (excluding diaryl/α,β-unsaturated/α-hetero) is 1. The molecule has 0 aliphatic carbocycles. The van der Waals surface area contributed by atoms with Gasteiger partial charge in [0.25, 0.3) is 10.0 Å². The molecular weight excluding hydrogens is 522 g/mol. The van der Waals surface area contributed by atoms with Gasteiger partial charge in [0.05, 0.1) is 16.4 Å². The Bertz CT molecular complexity index is 1450. The lowest BCUT2D eigenvalue weighted by Crippen LogP contribution is -2.33. The zero-order valence-corrected chi connectivity index (χ0v) is 22.2. The molecule has 1 aliphatic rings. The van der Waals surface area contributed by atoms with Crippen molar-refractivity contribution in [2.45, 2.75) is 24.5 Å². The first-order chi connectivity index (χ1) is 17.0. The van der Waals surface area contributed by atoms with Crippen LogP contribution in [0, 0.1) is 0 Å². The van der Waals surface area contributed by atoms with E-state index in [1.807, 2.05) is 24.3 Å². The van der Waals surface area contributed by atoms with E-state index in [0.717, 1.165) is 20.3 Å². The monoisotopic (exact) mass is 545 g/mol. The number of aromatic nitrogens is 1. The van der Waals surface area contributed by atoms with Crippen LogP contribution in [0.4, 0.5) is 0 Å². The summed E-state index contributed by atoms with van der Waals surface area (Å²) in [5.41, 5.74) is 2.46. The number of fused-ring (bicyclic) bond motifs is 1. The highest BCUT2D eigenvalue weighted by Gasteiger charge is 2.26. The lowest BCUT2D eigenvalue weighted by Gasteiger charge is -2.11. The maximum Gasteiger partial charge on any atom is 0.260 e. The minimum Gasteiger partial charge on any atom is -0.486 e. The first-order valence-electron chi connectivity index (χ1n) is 11.0. The zero-order valence-electron chi connectivity index (χ0n) is 19.8. The molecule has 1 unspecified atom stereocenters. The number of ketones is 1. The molecule has 0 spiro atoms. The van der Waals surface area contributed by atoms with Crippen LogP contribution in [0.5, 0.6) is 5.75 Å². The molecule has 4 rings (SSSR count). The molecule has 1 aliphatic heterocycles. The summed E-state index contributed by atoms with van der Waals surface area (Å²) in [6, 6.07) is 10.5. The fourth-order valence-electron chi connectivity index (χ4n) is 3.60. The van der Waals surface area contributed by atoms with Gasteiger partial charge in [-0.05, 0) is 54.5 Å². The van der Waals surface area contributed by atoms with Crippen molar-refractivity contribution < 1.29 is 22.7 Å². The van der Waals surface area contributed by atoms with Crippen LogP contribution in [0.2, 0.25) is 5.02 Å². The number of hydrogen-bond donors (Lipinski definition) is 1. The van der Waals surface area contributed by atoms with E-state index in [1.54, 1.807) is 19.1 Å². The molecule has 3 aromatic rings. The van der Waals surface area contributed by atoms with Crippen molar-refractivity contribution in [3.63, 3.8) is 0 Å². The number of ether oxygens (including phenoxy) is 1. The highest BCUT2D eigenvalue weighted by atomic mass is 35.5. The molecular formula is C25H24ClN3O5S2. The highest BCUT2D eigenvalue weighted by molar-refractivity contribution is 7.89. The van der Waals surface area contributed by atoms with Gasteiger partial charge in [0.1, 0.15) is 11.9 Å². The Morgan fingerprint density at radius 1 is 1.25 bits per heavy atom. The van der Waals surface area contributed by atoms with Crippen LogP contribution in [0.3, 0.4) is 0 Å². The van der Waals surface area contributed by atoms with E-state index in [-0.39, 0.29) is 29.4 Å². The van der Waals surface area contributed by atoms with E-state index >= 15 is 0 Å². The molecule has 0 fully saturated rings. The summed E-state index contributed by atoms with van der Waals surface area (Å²) in [7, 11) is -0.739. The number of pyridine rings is 1. The van der Waals surface area contributed by atoms with Gasteiger partial charge in [0.2, 0.25) is 5.91 Å². The Kier molecular flexibility index (Phi) is 7.60. The van der Waals surface area contributed by atoms with Crippen molar-refractivity contribution in [1.82, 2.24) is 14.6 Å². The van der Waals surface area contributed by atoms with E-state index in [4.69, 9.17) is 16.3 Å². The van der Waals surface area contributed by atoms with E-state index in [0.29, 0.717) is 27.6 Å². The molecule has 1 N–H and O–H groups in total. The third-order valence-corrected chi connectivity index (χ3v) is 8.77. The molecule has 11 heteroatoms. The molecule has 1 atom stereocenters. The van der Waals surface area contributed by atoms with E-state index in [2.05, 4.69) is 10.3 Å². The number of nitrogens with one attached hydrogen (secondary N) is 1. The van der Waals surface area contributed by atoms with Gasteiger partial charge in [-0.25, -0.2) is 17.7 Å². The summed E-state index contributed by atoms with van der Waals surface area (Å²) in [4.78, 5) is 29.5. The number of carbonyl (C=O) groups excluding carboxylic acids is 2. The van der Waals surface area contributed by atoms with Crippen molar-refractivity contribution in [3.8, 4) is 16.2 Å². The van der Waals surface area contributed by atoms with Gasteiger partial charge in [-0.2, -0.15) is 0 Å². The molecule has 0 saturated heterocycles. The highest BCUT2D eigenvalue weighted by Crippen LogP contribution is 2.41. The number of rotatable bonds is 8. The van der Waals surface area contributed by atoms with Gasteiger partial charge in [0.15, 0.2) is 10.8 Å². The average molecular weight is 546 g/mol. The molecule has 0 radical (unpaired) electrons. The number of benzene rings is 1. The predicted octanol–water partition coefficient (Wildman–Crippen LogP) is 4.05. The lowest BCUT2D eigenvalue weighted by atomic mass is 10.1.